The molecule has 0 saturated carbocycles. The topological polar surface area (TPSA) is 78.7 Å². The molecule has 0 atom stereocenters. The van der Waals surface area contributed by atoms with Gasteiger partial charge in [-0.25, -0.2) is 0 Å². The van der Waals surface area contributed by atoms with Crippen LogP contribution in [-0.4, -0.2) is 21.9 Å². The van der Waals surface area contributed by atoms with E-state index in [4.69, 9.17) is 5.26 Å². The number of rotatable bonds is 4. The average Bonchev–Trinajstić information content (AvgIpc) is 3.00. The molecule has 3 rings (SSSR count). The maximum atomic E-state index is 12.0. The number of nitrogens with one attached hydrogen (secondary N) is 1. The molecule has 0 bridgehead atoms. The van der Waals surface area contributed by atoms with Crippen molar-refractivity contribution in [3.8, 4) is 6.07 Å². The van der Waals surface area contributed by atoms with E-state index in [0.717, 1.165) is 15.8 Å². The molecule has 1 N–H and O–H groups in total. The van der Waals surface area contributed by atoms with Gasteiger partial charge in [-0.1, -0.05) is 36.0 Å². The second-order valence-electron chi connectivity index (χ2n) is 4.35. The summed E-state index contributed by atoms with van der Waals surface area (Å²) in [5.74, 6) is 0.0459. The van der Waals surface area contributed by atoms with Gasteiger partial charge in [0.25, 0.3) is 0 Å². The van der Waals surface area contributed by atoms with Crippen LogP contribution in [0.3, 0.4) is 0 Å². The van der Waals surface area contributed by atoms with Gasteiger partial charge in [0, 0.05) is 10.8 Å². The van der Waals surface area contributed by atoms with Gasteiger partial charge in [-0.3, -0.25) is 4.79 Å². The highest BCUT2D eigenvalue weighted by Crippen LogP contribution is 2.26. The minimum atomic E-state index is -0.168. The maximum absolute atomic E-state index is 12.0. The highest BCUT2D eigenvalue weighted by molar-refractivity contribution is 8.00. The number of thiophene rings is 1. The first kappa shape index (κ1) is 14.5. The lowest BCUT2D eigenvalue weighted by molar-refractivity contribution is -0.113. The Morgan fingerprint density at radius 3 is 3.09 bits per heavy atom. The molecular formula is C15H10N4OS2. The van der Waals surface area contributed by atoms with E-state index >= 15 is 0 Å². The summed E-state index contributed by atoms with van der Waals surface area (Å²) >= 11 is 2.66. The molecule has 1 aromatic carbocycles. The smallest absolute Gasteiger partial charge is 0.235 e. The van der Waals surface area contributed by atoms with Gasteiger partial charge in [-0.2, -0.15) is 10.4 Å². The number of hydrogen-bond acceptors (Lipinski definition) is 6. The third kappa shape index (κ3) is 3.08. The Balaban J connectivity index is 1.69. The van der Waals surface area contributed by atoms with Crippen molar-refractivity contribution in [2.24, 2.45) is 0 Å². The number of nitriles is 1. The first-order valence-electron chi connectivity index (χ1n) is 6.38. The fraction of sp³-hybridized carbons (Fsp3) is 0.0667. The average molecular weight is 326 g/mol. The van der Waals surface area contributed by atoms with Crippen molar-refractivity contribution in [2.75, 3.05) is 11.1 Å². The quantitative estimate of drug-likeness (QED) is 0.744. The molecule has 0 radical (unpaired) electrons. The number of fused-ring (bicyclic) bond motifs is 1. The van der Waals surface area contributed by atoms with Crippen LogP contribution in [-0.2, 0) is 4.79 Å². The first-order chi connectivity index (χ1) is 10.8. The van der Waals surface area contributed by atoms with Crippen LogP contribution in [0.1, 0.15) is 5.56 Å². The van der Waals surface area contributed by atoms with Gasteiger partial charge < -0.3 is 5.32 Å². The van der Waals surface area contributed by atoms with Crippen molar-refractivity contribution in [3.63, 3.8) is 0 Å². The van der Waals surface area contributed by atoms with Crippen LogP contribution < -0.4 is 5.32 Å². The van der Waals surface area contributed by atoms with Crippen molar-refractivity contribution in [1.82, 2.24) is 10.2 Å². The minimum absolute atomic E-state index is 0.168. The molecule has 0 aliphatic heterocycles. The number of carbonyl (C=O) groups excluding carboxylic acids is 1. The van der Waals surface area contributed by atoms with E-state index in [1.54, 1.807) is 17.6 Å². The Bertz CT molecular complexity index is 864. The molecule has 7 heteroatoms. The van der Waals surface area contributed by atoms with E-state index in [2.05, 4.69) is 15.5 Å². The SMILES string of the molecule is N#Cc1ccsc1NC(=O)CSc1nncc2ccccc12. The Morgan fingerprint density at radius 2 is 2.23 bits per heavy atom. The van der Waals surface area contributed by atoms with Gasteiger partial charge >= 0.3 is 0 Å². The third-order valence-corrected chi connectivity index (χ3v) is 4.73. The molecule has 0 fully saturated rings. The van der Waals surface area contributed by atoms with E-state index in [9.17, 15) is 4.79 Å². The number of hydrogen-bond donors (Lipinski definition) is 1. The van der Waals surface area contributed by atoms with Crippen LogP contribution in [0.2, 0.25) is 0 Å². The lowest BCUT2D eigenvalue weighted by Gasteiger charge is -2.05. The lowest BCUT2D eigenvalue weighted by atomic mass is 10.2. The van der Waals surface area contributed by atoms with E-state index in [1.165, 1.54) is 23.1 Å². The van der Waals surface area contributed by atoms with Gasteiger partial charge in [-0.15, -0.1) is 16.4 Å². The number of aromatic nitrogens is 2. The Hall–Kier alpha value is -2.43. The number of nitrogens with zero attached hydrogens (tertiary/aromatic N) is 3. The zero-order chi connectivity index (χ0) is 15.4. The molecular weight excluding hydrogens is 316 g/mol. The van der Waals surface area contributed by atoms with Crippen molar-refractivity contribution in [3.05, 3.63) is 47.5 Å². The van der Waals surface area contributed by atoms with Crippen molar-refractivity contribution in [1.29, 1.82) is 5.26 Å². The van der Waals surface area contributed by atoms with Crippen LogP contribution in [0.4, 0.5) is 5.00 Å². The standard InChI is InChI=1S/C15H10N4OS2/c16-7-10-5-6-21-14(10)18-13(20)9-22-15-12-4-2-1-3-11(12)8-17-19-15/h1-6,8H,9H2,(H,18,20). The second kappa shape index (κ2) is 6.56. The summed E-state index contributed by atoms with van der Waals surface area (Å²) < 4.78 is 0. The van der Waals surface area contributed by atoms with E-state index in [1.807, 2.05) is 30.3 Å². The molecule has 0 saturated heterocycles. The molecule has 2 heterocycles. The molecule has 5 nitrogen and oxygen atoms in total. The number of amides is 1. The third-order valence-electron chi connectivity index (χ3n) is 2.92. The van der Waals surface area contributed by atoms with Crippen LogP contribution in [0, 0.1) is 11.3 Å². The zero-order valence-electron chi connectivity index (χ0n) is 11.3. The minimum Gasteiger partial charge on any atom is -0.316 e. The molecule has 0 aliphatic rings. The fourth-order valence-corrected chi connectivity index (χ4v) is 3.44. The van der Waals surface area contributed by atoms with E-state index in [-0.39, 0.29) is 11.7 Å². The number of benzene rings is 1. The summed E-state index contributed by atoms with van der Waals surface area (Å²) in [4.78, 5) is 12.0. The van der Waals surface area contributed by atoms with E-state index in [0.29, 0.717) is 10.6 Å². The number of anilines is 1. The van der Waals surface area contributed by atoms with Crippen LogP contribution >= 0.6 is 23.1 Å². The molecule has 108 valence electrons. The summed E-state index contributed by atoms with van der Waals surface area (Å²) in [5.41, 5.74) is 0.480. The van der Waals surface area contributed by atoms with Crippen molar-refractivity contribution >= 4 is 44.8 Å². The molecule has 1 amide bonds. The van der Waals surface area contributed by atoms with Gasteiger partial charge in [0.2, 0.25) is 5.91 Å². The van der Waals surface area contributed by atoms with Crippen molar-refractivity contribution in [2.45, 2.75) is 5.03 Å². The predicted molar refractivity (Wildman–Crippen MR) is 87.9 cm³/mol. The highest BCUT2D eigenvalue weighted by Gasteiger charge is 2.10. The molecule has 0 aliphatic carbocycles. The van der Waals surface area contributed by atoms with E-state index < -0.39 is 0 Å². The first-order valence-corrected chi connectivity index (χ1v) is 8.25. The molecule has 2 aromatic heterocycles. The molecule has 0 unspecified atom stereocenters. The number of thioether (sulfide) groups is 1. The summed E-state index contributed by atoms with van der Waals surface area (Å²) in [6.07, 6.45) is 1.70. The maximum Gasteiger partial charge on any atom is 0.235 e. The van der Waals surface area contributed by atoms with Crippen LogP contribution in [0.15, 0.2) is 46.9 Å². The highest BCUT2D eigenvalue weighted by atomic mass is 32.2. The zero-order valence-corrected chi connectivity index (χ0v) is 12.9. The van der Waals surface area contributed by atoms with Gasteiger partial charge in [0.05, 0.1) is 17.5 Å². The molecule has 22 heavy (non-hydrogen) atoms. The normalized spacial score (nSPS) is 10.3. The predicted octanol–water partition coefficient (Wildman–Crippen LogP) is 3.29. The lowest BCUT2D eigenvalue weighted by Crippen LogP contribution is -2.14. The molecule has 0 spiro atoms. The summed E-state index contributed by atoms with van der Waals surface area (Å²) in [5, 5.41) is 24.8. The molecule has 3 aromatic rings. The fourth-order valence-electron chi connectivity index (χ4n) is 1.90. The largest absolute Gasteiger partial charge is 0.316 e. The Kier molecular flexibility index (Phi) is 4.32. The van der Waals surface area contributed by atoms with Crippen molar-refractivity contribution < 1.29 is 4.79 Å². The Labute approximate surface area is 135 Å². The van der Waals surface area contributed by atoms with Gasteiger partial charge in [0.1, 0.15) is 16.1 Å². The van der Waals surface area contributed by atoms with Gasteiger partial charge in [0.15, 0.2) is 0 Å². The summed E-state index contributed by atoms with van der Waals surface area (Å²) in [6.45, 7) is 0. The Morgan fingerprint density at radius 1 is 1.36 bits per heavy atom. The van der Waals surface area contributed by atoms with Crippen LogP contribution in [0.5, 0.6) is 0 Å². The van der Waals surface area contributed by atoms with Gasteiger partial charge in [-0.05, 0) is 11.4 Å². The summed E-state index contributed by atoms with van der Waals surface area (Å²) in [6, 6.07) is 11.5. The van der Waals surface area contributed by atoms with Crippen LogP contribution in [0.25, 0.3) is 10.8 Å². The monoisotopic (exact) mass is 326 g/mol. The second-order valence-corrected chi connectivity index (χ2v) is 6.23. The number of carbonyl (C=O) groups is 1. The summed E-state index contributed by atoms with van der Waals surface area (Å²) in [7, 11) is 0.